The number of ether oxygens (including phenoxy) is 1. The molecule has 0 fully saturated rings. The molecule has 128 valence electrons. The summed E-state index contributed by atoms with van der Waals surface area (Å²) in [4.78, 5) is 22.4. The molecule has 0 atom stereocenters. The number of hydrogen-bond donors (Lipinski definition) is 0. The van der Waals surface area contributed by atoms with Crippen LogP contribution >= 0.6 is 23.1 Å². The van der Waals surface area contributed by atoms with Gasteiger partial charge in [-0.3, -0.25) is 20.2 Å². The fraction of sp³-hybridized carbons (Fsp3) is 0.333. The zero-order chi connectivity index (χ0) is 17.7. The van der Waals surface area contributed by atoms with Gasteiger partial charge in [-0.05, 0) is 25.5 Å². The molecule has 1 heterocycles. The van der Waals surface area contributed by atoms with E-state index in [4.69, 9.17) is 4.74 Å². The van der Waals surface area contributed by atoms with Crippen molar-refractivity contribution in [3.63, 3.8) is 0 Å². The summed E-state index contributed by atoms with van der Waals surface area (Å²) in [5.41, 5.74) is 0.431. The first-order valence-electron chi connectivity index (χ1n) is 7.26. The van der Waals surface area contributed by atoms with E-state index in [1.54, 1.807) is 11.3 Å². The molecule has 0 bridgehead atoms. The number of rotatable bonds is 8. The summed E-state index contributed by atoms with van der Waals surface area (Å²) < 4.78 is 6.37. The monoisotopic (exact) mass is 368 g/mol. The first kappa shape index (κ1) is 18.4. The Morgan fingerprint density at radius 3 is 2.50 bits per heavy atom. The highest BCUT2D eigenvalue weighted by Crippen LogP contribution is 2.42. The van der Waals surface area contributed by atoms with E-state index in [-0.39, 0.29) is 11.4 Å². The Morgan fingerprint density at radius 1 is 1.17 bits per heavy atom. The lowest BCUT2D eigenvalue weighted by Crippen LogP contribution is -1.95. The van der Waals surface area contributed by atoms with Crippen molar-refractivity contribution < 1.29 is 14.6 Å². The fourth-order valence-corrected chi connectivity index (χ4v) is 4.40. The SMILES string of the molecule is CCOCc1cc(CC)sc1Sc1ccc([N+](=O)[O-])cc1[N+](=O)[O-]. The first-order valence-corrected chi connectivity index (χ1v) is 8.89. The second-order valence-corrected chi connectivity index (χ2v) is 7.23. The molecule has 1 aromatic heterocycles. The van der Waals surface area contributed by atoms with Gasteiger partial charge in [-0.15, -0.1) is 11.3 Å². The van der Waals surface area contributed by atoms with Crippen LogP contribution < -0.4 is 0 Å². The van der Waals surface area contributed by atoms with Gasteiger partial charge in [-0.2, -0.15) is 0 Å². The summed E-state index contributed by atoms with van der Waals surface area (Å²) in [6, 6.07) is 5.75. The third-order valence-electron chi connectivity index (χ3n) is 3.18. The number of aryl methyl sites for hydroxylation is 1. The topological polar surface area (TPSA) is 95.5 Å². The van der Waals surface area contributed by atoms with Crippen LogP contribution in [-0.4, -0.2) is 16.5 Å². The summed E-state index contributed by atoms with van der Waals surface area (Å²) in [7, 11) is 0. The number of benzene rings is 1. The van der Waals surface area contributed by atoms with Crippen LogP contribution in [0, 0.1) is 20.2 Å². The Labute approximate surface area is 146 Å². The lowest BCUT2D eigenvalue weighted by molar-refractivity contribution is -0.396. The molecule has 0 aliphatic rings. The molecule has 2 aromatic rings. The quantitative estimate of drug-likeness (QED) is 0.490. The molecule has 1 aromatic carbocycles. The largest absolute Gasteiger partial charge is 0.377 e. The zero-order valence-corrected chi connectivity index (χ0v) is 14.8. The van der Waals surface area contributed by atoms with E-state index in [0.29, 0.717) is 18.1 Å². The van der Waals surface area contributed by atoms with Crippen LogP contribution in [-0.2, 0) is 17.8 Å². The number of nitro benzene ring substituents is 2. The number of nitrogens with zero attached hydrogens (tertiary/aromatic N) is 2. The molecule has 0 aliphatic heterocycles. The average molecular weight is 368 g/mol. The molecule has 0 radical (unpaired) electrons. The van der Waals surface area contributed by atoms with Crippen LogP contribution in [0.25, 0.3) is 0 Å². The molecule has 9 heteroatoms. The van der Waals surface area contributed by atoms with Crippen molar-refractivity contribution in [1.82, 2.24) is 0 Å². The van der Waals surface area contributed by atoms with E-state index in [2.05, 4.69) is 0 Å². The molecule has 24 heavy (non-hydrogen) atoms. The Hall–Kier alpha value is -1.97. The van der Waals surface area contributed by atoms with Gasteiger partial charge in [0.15, 0.2) is 0 Å². The maximum atomic E-state index is 11.3. The van der Waals surface area contributed by atoms with E-state index < -0.39 is 9.85 Å². The Bertz CT molecular complexity index is 760. The van der Waals surface area contributed by atoms with Crippen LogP contribution in [0.2, 0.25) is 0 Å². The van der Waals surface area contributed by atoms with Crippen molar-refractivity contribution in [1.29, 1.82) is 0 Å². The molecular formula is C15H16N2O5S2. The van der Waals surface area contributed by atoms with Crippen molar-refractivity contribution in [3.05, 3.63) is 54.9 Å². The zero-order valence-electron chi connectivity index (χ0n) is 13.2. The second kappa shape index (κ2) is 8.22. The lowest BCUT2D eigenvalue weighted by Gasteiger charge is -2.05. The summed E-state index contributed by atoms with van der Waals surface area (Å²) in [5.74, 6) is 0. The van der Waals surface area contributed by atoms with E-state index in [0.717, 1.165) is 27.1 Å². The van der Waals surface area contributed by atoms with Crippen LogP contribution in [0.4, 0.5) is 11.4 Å². The standard InChI is InChI=1S/C15H16N2O5S2/c1-3-12-7-10(9-22-4-2)15(23-12)24-14-6-5-11(16(18)19)8-13(14)17(20)21/h5-8H,3-4,9H2,1-2H3. The van der Waals surface area contributed by atoms with E-state index in [1.165, 1.54) is 23.9 Å². The van der Waals surface area contributed by atoms with Gasteiger partial charge in [0, 0.05) is 23.1 Å². The van der Waals surface area contributed by atoms with Crippen LogP contribution in [0.15, 0.2) is 33.4 Å². The molecule has 0 N–H and O–H groups in total. The molecular weight excluding hydrogens is 352 g/mol. The Morgan fingerprint density at radius 2 is 1.92 bits per heavy atom. The van der Waals surface area contributed by atoms with Crippen molar-refractivity contribution in [2.75, 3.05) is 6.61 Å². The van der Waals surface area contributed by atoms with Gasteiger partial charge in [0.1, 0.15) is 0 Å². The van der Waals surface area contributed by atoms with Crippen LogP contribution in [0.3, 0.4) is 0 Å². The number of hydrogen-bond acceptors (Lipinski definition) is 7. The van der Waals surface area contributed by atoms with Gasteiger partial charge < -0.3 is 4.74 Å². The predicted octanol–water partition coefficient (Wildman–Crippen LogP) is 4.81. The maximum Gasteiger partial charge on any atom is 0.290 e. The van der Waals surface area contributed by atoms with Crippen molar-refractivity contribution in [3.8, 4) is 0 Å². The molecule has 7 nitrogen and oxygen atoms in total. The minimum absolute atomic E-state index is 0.261. The number of non-ortho nitro benzene ring substituents is 1. The van der Waals surface area contributed by atoms with Gasteiger partial charge in [0.2, 0.25) is 0 Å². The van der Waals surface area contributed by atoms with Crippen LogP contribution in [0.5, 0.6) is 0 Å². The van der Waals surface area contributed by atoms with E-state index in [9.17, 15) is 20.2 Å². The Kier molecular flexibility index (Phi) is 6.29. The molecule has 0 amide bonds. The summed E-state index contributed by atoms with van der Waals surface area (Å²) in [6.45, 7) is 4.97. The normalized spacial score (nSPS) is 10.8. The van der Waals surface area contributed by atoms with Crippen molar-refractivity contribution in [2.45, 2.75) is 36.0 Å². The predicted molar refractivity (Wildman–Crippen MR) is 92.9 cm³/mol. The van der Waals surface area contributed by atoms with Crippen LogP contribution in [0.1, 0.15) is 24.3 Å². The minimum atomic E-state index is -0.637. The number of nitro groups is 2. The maximum absolute atomic E-state index is 11.3. The average Bonchev–Trinajstić information content (AvgIpc) is 2.94. The molecule has 0 saturated carbocycles. The molecule has 0 spiro atoms. The van der Waals surface area contributed by atoms with E-state index >= 15 is 0 Å². The highest BCUT2D eigenvalue weighted by Gasteiger charge is 2.22. The second-order valence-electron chi connectivity index (χ2n) is 4.78. The fourth-order valence-electron chi connectivity index (χ4n) is 1.99. The van der Waals surface area contributed by atoms with Gasteiger partial charge in [0.05, 0.1) is 31.6 Å². The van der Waals surface area contributed by atoms with Gasteiger partial charge >= 0.3 is 0 Å². The third-order valence-corrected chi connectivity index (χ3v) is 5.81. The summed E-state index contributed by atoms with van der Waals surface area (Å²) >= 11 is 2.81. The minimum Gasteiger partial charge on any atom is -0.377 e. The highest BCUT2D eigenvalue weighted by molar-refractivity contribution is 8.01. The van der Waals surface area contributed by atoms with E-state index in [1.807, 2.05) is 19.9 Å². The first-order chi connectivity index (χ1) is 11.5. The summed E-state index contributed by atoms with van der Waals surface area (Å²) in [6.07, 6.45) is 0.868. The molecule has 0 aliphatic carbocycles. The smallest absolute Gasteiger partial charge is 0.290 e. The van der Waals surface area contributed by atoms with Gasteiger partial charge in [0.25, 0.3) is 11.4 Å². The number of thiophene rings is 1. The van der Waals surface area contributed by atoms with Crippen molar-refractivity contribution >= 4 is 34.5 Å². The molecule has 2 rings (SSSR count). The van der Waals surface area contributed by atoms with Crippen molar-refractivity contribution in [2.24, 2.45) is 0 Å². The summed E-state index contributed by atoms with van der Waals surface area (Å²) in [5, 5.41) is 22.1. The lowest BCUT2D eigenvalue weighted by atomic mass is 10.3. The Balaban J connectivity index is 2.38. The molecule has 0 saturated heterocycles. The molecule has 0 unspecified atom stereocenters. The highest BCUT2D eigenvalue weighted by atomic mass is 32.2. The third kappa shape index (κ3) is 4.31. The van der Waals surface area contributed by atoms with Gasteiger partial charge in [-0.1, -0.05) is 18.7 Å². The van der Waals surface area contributed by atoms with Gasteiger partial charge in [-0.25, -0.2) is 0 Å².